The van der Waals surface area contributed by atoms with Crippen LogP contribution in [-0.4, -0.2) is 22.1 Å². The summed E-state index contributed by atoms with van der Waals surface area (Å²) in [5, 5.41) is 0. The number of cyclic esters (lactones) is 1. The Balaban J connectivity index is 1.47. The third kappa shape index (κ3) is 3.94. The molecule has 5 heteroatoms. The summed E-state index contributed by atoms with van der Waals surface area (Å²) in [7, 11) is 1.73. The highest BCUT2D eigenvalue weighted by atomic mass is 16.6. The number of rotatable bonds is 4. The van der Waals surface area contributed by atoms with Gasteiger partial charge in [0.25, 0.3) is 5.56 Å². The maximum atomic E-state index is 12.6. The highest BCUT2D eigenvalue weighted by molar-refractivity contribution is 5.70. The third-order valence-electron chi connectivity index (χ3n) is 5.58. The van der Waals surface area contributed by atoms with Gasteiger partial charge in [-0.3, -0.25) is 4.79 Å². The van der Waals surface area contributed by atoms with Gasteiger partial charge in [0.1, 0.15) is 6.10 Å². The molecule has 1 amide bonds. The minimum atomic E-state index is -0.284. The van der Waals surface area contributed by atoms with E-state index in [0.717, 1.165) is 28.7 Å². The molecule has 2 aromatic carbocycles. The lowest BCUT2D eigenvalue weighted by atomic mass is 10.00. The van der Waals surface area contributed by atoms with E-state index in [0.29, 0.717) is 6.54 Å². The lowest BCUT2D eigenvalue weighted by molar-refractivity contribution is 0.0123. The van der Waals surface area contributed by atoms with E-state index in [1.807, 2.05) is 67.6 Å². The number of carbonyl (C=O) groups excluding carboxylic acids is 1. The Bertz CT molecular complexity index is 1060. The van der Waals surface area contributed by atoms with Crippen LogP contribution in [-0.2, 0) is 11.8 Å². The van der Waals surface area contributed by atoms with Crippen molar-refractivity contribution in [1.82, 2.24) is 9.47 Å². The van der Waals surface area contributed by atoms with Crippen LogP contribution in [0.2, 0.25) is 0 Å². The first kappa shape index (κ1) is 19.0. The summed E-state index contributed by atoms with van der Waals surface area (Å²) in [4.78, 5) is 26.3. The van der Waals surface area contributed by atoms with E-state index in [9.17, 15) is 9.59 Å². The van der Waals surface area contributed by atoms with Gasteiger partial charge in [-0.25, -0.2) is 4.79 Å². The molecule has 0 saturated carbocycles. The maximum absolute atomic E-state index is 12.6. The van der Waals surface area contributed by atoms with Gasteiger partial charge in [-0.1, -0.05) is 54.6 Å². The smallest absolute Gasteiger partial charge is 0.410 e. The molecule has 5 nitrogen and oxygen atoms in total. The van der Waals surface area contributed by atoms with Crippen LogP contribution < -0.4 is 5.56 Å². The summed E-state index contributed by atoms with van der Waals surface area (Å²) in [6, 6.07) is 21.3. The molecule has 4 rings (SSSR count). The number of hydrogen-bond acceptors (Lipinski definition) is 3. The van der Waals surface area contributed by atoms with Crippen LogP contribution in [0.4, 0.5) is 4.79 Å². The fraction of sp³-hybridized carbons (Fsp3) is 0.250. The number of aryl methyl sites for hydroxylation is 1. The van der Waals surface area contributed by atoms with E-state index in [4.69, 9.17) is 4.74 Å². The number of hydrogen-bond donors (Lipinski definition) is 0. The van der Waals surface area contributed by atoms with Crippen molar-refractivity contribution >= 4 is 6.09 Å². The Kier molecular flexibility index (Phi) is 5.21. The number of carbonyl (C=O) groups is 1. The van der Waals surface area contributed by atoms with Crippen molar-refractivity contribution in [3.8, 4) is 11.1 Å². The van der Waals surface area contributed by atoms with Crippen molar-refractivity contribution in [3.63, 3.8) is 0 Å². The quantitative estimate of drug-likeness (QED) is 0.651. The highest BCUT2D eigenvalue weighted by Gasteiger charge is 2.31. The Morgan fingerprint density at radius 1 is 0.966 bits per heavy atom. The zero-order chi connectivity index (χ0) is 20.4. The van der Waals surface area contributed by atoms with Crippen LogP contribution in [0.25, 0.3) is 11.1 Å². The fourth-order valence-electron chi connectivity index (χ4n) is 3.71. The molecule has 2 heterocycles. The molecule has 29 heavy (non-hydrogen) atoms. The fourth-order valence-corrected chi connectivity index (χ4v) is 3.71. The number of pyridine rings is 1. The van der Waals surface area contributed by atoms with Crippen molar-refractivity contribution < 1.29 is 9.53 Å². The molecule has 0 aliphatic carbocycles. The second kappa shape index (κ2) is 7.95. The van der Waals surface area contributed by atoms with Crippen molar-refractivity contribution in [2.75, 3.05) is 6.54 Å². The molecule has 0 spiro atoms. The zero-order valence-electron chi connectivity index (χ0n) is 16.6. The predicted molar refractivity (Wildman–Crippen MR) is 113 cm³/mol. The average molecular weight is 388 g/mol. The lowest BCUT2D eigenvalue weighted by Crippen LogP contribution is -2.40. The van der Waals surface area contributed by atoms with E-state index in [1.54, 1.807) is 28.8 Å². The Hall–Kier alpha value is -3.34. The van der Waals surface area contributed by atoms with Crippen LogP contribution in [0.5, 0.6) is 0 Å². The standard InChI is InChI=1S/C24H24N2O3/c1-17(26-15-13-22(29-24(26)28)20-6-4-3-5-7-20)18-8-10-19(11-9-18)21-12-14-25(2)23(27)16-21/h3-12,14,16-17,22H,13,15H2,1-2H3. The first-order chi connectivity index (χ1) is 14.0. The minimum Gasteiger partial charge on any atom is -0.441 e. The van der Waals surface area contributed by atoms with E-state index in [-0.39, 0.29) is 23.8 Å². The normalized spacial score (nSPS) is 17.7. The largest absolute Gasteiger partial charge is 0.441 e. The Labute approximate surface area is 170 Å². The average Bonchev–Trinajstić information content (AvgIpc) is 2.76. The molecule has 1 fully saturated rings. The number of aromatic nitrogens is 1. The summed E-state index contributed by atoms with van der Waals surface area (Å²) < 4.78 is 7.24. The first-order valence-corrected chi connectivity index (χ1v) is 9.82. The monoisotopic (exact) mass is 388 g/mol. The van der Waals surface area contributed by atoms with Crippen LogP contribution in [0.1, 0.15) is 36.6 Å². The van der Waals surface area contributed by atoms with Crippen LogP contribution in [0.3, 0.4) is 0 Å². The molecule has 1 aliphatic heterocycles. The Morgan fingerprint density at radius 2 is 1.69 bits per heavy atom. The highest BCUT2D eigenvalue weighted by Crippen LogP contribution is 2.32. The number of ether oxygens (including phenoxy) is 1. The van der Waals surface area contributed by atoms with Gasteiger partial charge in [-0.05, 0) is 35.2 Å². The molecule has 1 aromatic heterocycles. The van der Waals surface area contributed by atoms with Gasteiger partial charge in [0, 0.05) is 32.3 Å². The third-order valence-corrected chi connectivity index (χ3v) is 5.58. The van der Waals surface area contributed by atoms with Gasteiger partial charge in [-0.2, -0.15) is 0 Å². The van der Waals surface area contributed by atoms with Crippen molar-refractivity contribution in [2.45, 2.75) is 25.5 Å². The van der Waals surface area contributed by atoms with Gasteiger partial charge in [-0.15, -0.1) is 0 Å². The molecule has 2 atom stereocenters. The van der Waals surface area contributed by atoms with E-state index in [2.05, 4.69) is 0 Å². The SMILES string of the molecule is CC(c1ccc(-c2ccn(C)c(=O)c2)cc1)N1CCC(c2ccccc2)OC1=O. The molecular weight excluding hydrogens is 364 g/mol. The molecule has 0 N–H and O–H groups in total. The lowest BCUT2D eigenvalue weighted by Gasteiger charge is -2.36. The molecule has 2 unspecified atom stereocenters. The van der Waals surface area contributed by atoms with Gasteiger partial charge in [0.2, 0.25) is 0 Å². The minimum absolute atomic E-state index is 0.0380. The second-order valence-corrected chi connectivity index (χ2v) is 7.43. The van der Waals surface area contributed by atoms with Crippen LogP contribution in [0, 0.1) is 0 Å². The number of benzene rings is 2. The van der Waals surface area contributed by atoms with Crippen molar-refractivity contribution in [1.29, 1.82) is 0 Å². The maximum Gasteiger partial charge on any atom is 0.410 e. The molecule has 1 aliphatic rings. The Morgan fingerprint density at radius 3 is 2.34 bits per heavy atom. The van der Waals surface area contributed by atoms with Crippen LogP contribution in [0.15, 0.2) is 77.7 Å². The van der Waals surface area contributed by atoms with Gasteiger partial charge >= 0.3 is 6.09 Å². The van der Waals surface area contributed by atoms with Crippen LogP contribution >= 0.6 is 0 Å². The van der Waals surface area contributed by atoms with Gasteiger partial charge in [0.15, 0.2) is 0 Å². The molecule has 0 bridgehead atoms. The number of nitrogens with zero attached hydrogens (tertiary/aromatic N) is 2. The first-order valence-electron chi connectivity index (χ1n) is 9.82. The van der Waals surface area contributed by atoms with Gasteiger partial charge in [0.05, 0.1) is 6.04 Å². The summed E-state index contributed by atoms with van der Waals surface area (Å²) in [5.41, 5.74) is 3.89. The van der Waals surface area contributed by atoms with E-state index >= 15 is 0 Å². The zero-order valence-corrected chi connectivity index (χ0v) is 16.6. The predicted octanol–water partition coefficient (Wildman–Crippen LogP) is 4.70. The molecule has 148 valence electrons. The van der Waals surface area contributed by atoms with Gasteiger partial charge < -0.3 is 14.2 Å². The summed E-state index contributed by atoms with van der Waals surface area (Å²) in [6.45, 7) is 2.66. The topological polar surface area (TPSA) is 51.5 Å². The van der Waals surface area contributed by atoms with Crippen molar-refractivity contribution in [3.05, 3.63) is 94.4 Å². The summed E-state index contributed by atoms with van der Waals surface area (Å²) in [5.74, 6) is 0. The molecule has 3 aromatic rings. The van der Waals surface area contributed by atoms with E-state index < -0.39 is 0 Å². The summed E-state index contributed by atoms with van der Waals surface area (Å²) in [6.07, 6.45) is 2.07. The second-order valence-electron chi connectivity index (χ2n) is 7.43. The summed E-state index contributed by atoms with van der Waals surface area (Å²) >= 11 is 0. The molecule has 0 radical (unpaired) electrons. The van der Waals surface area contributed by atoms with Crippen molar-refractivity contribution in [2.24, 2.45) is 7.05 Å². The van der Waals surface area contributed by atoms with E-state index in [1.165, 1.54) is 0 Å². The molecule has 1 saturated heterocycles. The molecular formula is C24H24N2O3. The number of amides is 1.